The highest BCUT2D eigenvalue weighted by molar-refractivity contribution is 7.90. The molecule has 1 saturated carbocycles. The number of rotatable bonds is 5. The molecule has 2 aromatic rings. The van der Waals surface area contributed by atoms with Crippen LogP contribution in [0.15, 0.2) is 27.5 Å². The summed E-state index contributed by atoms with van der Waals surface area (Å²) in [5.41, 5.74) is 1.91. The number of nitrogens with zero attached hydrogens (tertiary/aromatic N) is 2. The molecule has 1 aromatic carbocycles. The van der Waals surface area contributed by atoms with Crippen molar-refractivity contribution in [3.8, 4) is 5.75 Å². The summed E-state index contributed by atoms with van der Waals surface area (Å²) in [4.78, 5) is 1.84. The van der Waals surface area contributed by atoms with Gasteiger partial charge in [-0.3, -0.25) is 0 Å². The van der Waals surface area contributed by atoms with Gasteiger partial charge in [0.2, 0.25) is 4.80 Å². The Labute approximate surface area is 165 Å². The van der Waals surface area contributed by atoms with E-state index < -0.39 is 10.0 Å². The molecule has 0 unspecified atom stereocenters. The largest absolute Gasteiger partial charge is 0.495 e. The molecule has 1 fully saturated rings. The van der Waals surface area contributed by atoms with E-state index in [9.17, 15) is 8.42 Å². The lowest BCUT2D eigenvalue weighted by molar-refractivity contribution is 0.402. The molecule has 1 heterocycles. The van der Waals surface area contributed by atoms with Crippen LogP contribution in [0.1, 0.15) is 49.7 Å². The Morgan fingerprint density at radius 3 is 2.48 bits per heavy atom. The number of aryl methyl sites for hydroxylation is 1. The molecule has 0 bridgehead atoms. The lowest BCUT2D eigenvalue weighted by Crippen LogP contribution is -2.20. The summed E-state index contributed by atoms with van der Waals surface area (Å²) < 4.78 is 37.8. The molecule has 1 aromatic heterocycles. The van der Waals surface area contributed by atoms with Crippen LogP contribution in [0, 0.1) is 19.8 Å². The number of benzene rings is 1. The van der Waals surface area contributed by atoms with Crippen molar-refractivity contribution in [3.63, 3.8) is 0 Å². The molecule has 0 radical (unpaired) electrons. The second-order valence-corrected chi connectivity index (χ2v) is 10.9. The molecule has 0 amide bonds. The quantitative estimate of drug-likeness (QED) is 0.746. The Kier molecular flexibility index (Phi) is 5.29. The van der Waals surface area contributed by atoms with Crippen molar-refractivity contribution in [2.45, 2.75) is 64.3 Å². The molecular weight excluding hydrogens is 380 g/mol. The van der Waals surface area contributed by atoms with Gasteiger partial charge in [0.05, 0.1) is 7.11 Å². The summed E-state index contributed by atoms with van der Waals surface area (Å²) in [5.74, 6) is 0.948. The molecule has 0 atom stereocenters. The van der Waals surface area contributed by atoms with E-state index in [1.54, 1.807) is 12.1 Å². The topological polar surface area (TPSA) is 60.7 Å². The van der Waals surface area contributed by atoms with Crippen molar-refractivity contribution in [2.24, 2.45) is 10.3 Å². The summed E-state index contributed by atoms with van der Waals surface area (Å²) in [7, 11) is -2.40. The third-order valence-electron chi connectivity index (χ3n) is 4.77. The van der Waals surface area contributed by atoms with E-state index in [0.29, 0.717) is 16.5 Å². The first-order valence-corrected chi connectivity index (χ1v) is 11.4. The minimum absolute atomic E-state index is 0.0569. The summed E-state index contributed by atoms with van der Waals surface area (Å²) >= 11 is 1.48. The zero-order valence-electron chi connectivity index (χ0n) is 16.9. The summed E-state index contributed by atoms with van der Waals surface area (Å²) in [6, 6.07) is 5.13. The van der Waals surface area contributed by atoms with Crippen LogP contribution in [0.5, 0.6) is 5.75 Å². The summed E-state index contributed by atoms with van der Waals surface area (Å²) in [5, 5.41) is 0. The Morgan fingerprint density at radius 2 is 1.93 bits per heavy atom. The van der Waals surface area contributed by atoms with Crippen LogP contribution in [0.3, 0.4) is 0 Å². The van der Waals surface area contributed by atoms with Crippen LogP contribution >= 0.6 is 11.3 Å². The average Bonchev–Trinajstić information content (AvgIpc) is 3.33. The van der Waals surface area contributed by atoms with E-state index in [4.69, 9.17) is 4.74 Å². The minimum Gasteiger partial charge on any atom is -0.495 e. The molecule has 0 aliphatic heterocycles. The predicted octanol–water partition coefficient (Wildman–Crippen LogP) is 4.17. The van der Waals surface area contributed by atoms with Crippen molar-refractivity contribution in [1.29, 1.82) is 0 Å². The van der Waals surface area contributed by atoms with Crippen molar-refractivity contribution in [1.82, 2.24) is 4.57 Å². The van der Waals surface area contributed by atoms with Gasteiger partial charge in [-0.05, 0) is 55.7 Å². The molecule has 1 aliphatic carbocycles. The minimum atomic E-state index is -3.88. The number of ether oxygens (including phenoxy) is 1. The summed E-state index contributed by atoms with van der Waals surface area (Å²) in [6.45, 7) is 11.2. The first-order valence-electron chi connectivity index (χ1n) is 9.19. The van der Waals surface area contributed by atoms with Gasteiger partial charge >= 0.3 is 0 Å². The van der Waals surface area contributed by atoms with Gasteiger partial charge in [-0.25, -0.2) is 0 Å². The molecular formula is C20H28N2O3S2. The number of sulfonamides is 1. The van der Waals surface area contributed by atoms with E-state index in [2.05, 4.69) is 36.7 Å². The Balaban J connectivity index is 2.20. The Hall–Kier alpha value is -1.60. The van der Waals surface area contributed by atoms with Gasteiger partial charge in [-0.1, -0.05) is 26.8 Å². The van der Waals surface area contributed by atoms with Crippen molar-refractivity contribution in [3.05, 3.63) is 39.1 Å². The molecule has 148 valence electrons. The smallest absolute Gasteiger partial charge is 0.288 e. The Bertz CT molecular complexity index is 1020. The number of hydrogen-bond donors (Lipinski definition) is 0. The van der Waals surface area contributed by atoms with Crippen molar-refractivity contribution >= 4 is 21.4 Å². The maximum Gasteiger partial charge on any atom is 0.288 e. The number of aromatic nitrogens is 1. The molecule has 7 heteroatoms. The molecule has 0 saturated heterocycles. The lowest BCUT2D eigenvalue weighted by Gasteiger charge is -2.17. The van der Waals surface area contributed by atoms with Gasteiger partial charge in [0.1, 0.15) is 10.6 Å². The second-order valence-electron chi connectivity index (χ2n) is 8.32. The fraction of sp³-hybridized carbons (Fsp3) is 0.550. The molecule has 0 spiro atoms. The maximum absolute atomic E-state index is 13.1. The zero-order valence-corrected chi connectivity index (χ0v) is 18.5. The third kappa shape index (κ3) is 4.29. The average molecular weight is 409 g/mol. The van der Waals surface area contributed by atoms with Crippen molar-refractivity contribution < 1.29 is 13.2 Å². The van der Waals surface area contributed by atoms with Crippen LogP contribution in [-0.4, -0.2) is 20.1 Å². The van der Waals surface area contributed by atoms with Gasteiger partial charge in [0.15, 0.2) is 0 Å². The van der Waals surface area contributed by atoms with Gasteiger partial charge in [0.25, 0.3) is 10.0 Å². The highest BCUT2D eigenvalue weighted by atomic mass is 32.2. The first-order chi connectivity index (χ1) is 12.5. The molecule has 3 rings (SSSR count). The van der Waals surface area contributed by atoms with E-state index in [1.165, 1.54) is 36.2 Å². The lowest BCUT2D eigenvalue weighted by atomic mass is 9.93. The van der Waals surface area contributed by atoms with E-state index in [0.717, 1.165) is 17.8 Å². The number of hydrogen-bond acceptors (Lipinski definition) is 4. The monoisotopic (exact) mass is 408 g/mol. The number of thiazole rings is 1. The normalized spacial score (nSPS) is 16.0. The highest BCUT2D eigenvalue weighted by Crippen LogP contribution is 2.34. The molecule has 27 heavy (non-hydrogen) atoms. The molecule has 0 N–H and O–H groups in total. The zero-order chi connectivity index (χ0) is 20.0. The van der Waals surface area contributed by atoms with E-state index in [-0.39, 0.29) is 10.3 Å². The van der Waals surface area contributed by atoms with Crippen LogP contribution in [-0.2, 0) is 22.0 Å². The SMILES string of the molecule is COc1ccc(C)cc1S(=O)(=O)N=c1sc(C(C)(C)C)c(C)n1CC1CC1. The third-order valence-corrected chi connectivity index (χ3v) is 7.78. The van der Waals surface area contributed by atoms with E-state index >= 15 is 0 Å². The van der Waals surface area contributed by atoms with Crippen LogP contribution in [0.4, 0.5) is 0 Å². The van der Waals surface area contributed by atoms with Gasteiger partial charge in [-0.15, -0.1) is 15.7 Å². The van der Waals surface area contributed by atoms with Gasteiger partial charge in [0, 0.05) is 17.1 Å². The maximum atomic E-state index is 13.1. The standard InChI is InChI=1S/C20H28N2O3S2/c1-13-7-10-16(25-6)17(11-13)27(23,24)21-19-22(12-15-8-9-15)14(2)18(26-19)20(3,4)5/h7,10-11,15H,8-9,12H2,1-6H3. The molecule has 1 aliphatic rings. The predicted molar refractivity (Wildman–Crippen MR) is 109 cm³/mol. The Morgan fingerprint density at radius 1 is 1.26 bits per heavy atom. The number of methoxy groups -OCH3 is 1. The van der Waals surface area contributed by atoms with Gasteiger partial charge in [-0.2, -0.15) is 8.42 Å². The van der Waals surface area contributed by atoms with Crippen LogP contribution in [0.2, 0.25) is 0 Å². The molecule has 5 nitrogen and oxygen atoms in total. The van der Waals surface area contributed by atoms with Crippen LogP contribution < -0.4 is 9.54 Å². The summed E-state index contributed by atoms with van der Waals surface area (Å²) in [6.07, 6.45) is 2.40. The first kappa shape index (κ1) is 20.1. The highest BCUT2D eigenvalue weighted by Gasteiger charge is 2.28. The van der Waals surface area contributed by atoms with Crippen LogP contribution in [0.25, 0.3) is 0 Å². The van der Waals surface area contributed by atoms with Gasteiger partial charge < -0.3 is 9.30 Å². The van der Waals surface area contributed by atoms with Crippen molar-refractivity contribution in [2.75, 3.05) is 7.11 Å². The fourth-order valence-electron chi connectivity index (χ4n) is 3.16. The van der Waals surface area contributed by atoms with E-state index in [1.807, 2.05) is 13.0 Å². The fourth-order valence-corrected chi connectivity index (χ4v) is 5.82. The second kappa shape index (κ2) is 7.09.